The largest absolute Gasteiger partial charge is 0.357 e. The van der Waals surface area contributed by atoms with E-state index in [1.807, 2.05) is 26.8 Å². The molecule has 1 aliphatic carbocycles. The minimum Gasteiger partial charge on any atom is -0.357 e. The summed E-state index contributed by atoms with van der Waals surface area (Å²) in [5, 5.41) is 3.52. The van der Waals surface area contributed by atoms with Crippen LogP contribution in [-0.2, 0) is 12.8 Å². The summed E-state index contributed by atoms with van der Waals surface area (Å²) in [6, 6.07) is 2.03. The van der Waals surface area contributed by atoms with Gasteiger partial charge in [-0.2, -0.15) is 0 Å². The number of hydrogen-bond acceptors (Lipinski definition) is 3. The van der Waals surface area contributed by atoms with Crippen LogP contribution in [0.25, 0.3) is 0 Å². The van der Waals surface area contributed by atoms with Crippen LogP contribution < -0.4 is 16.2 Å². The molecule has 1 aromatic heterocycles. The summed E-state index contributed by atoms with van der Waals surface area (Å²) in [6.45, 7) is 6.04. The van der Waals surface area contributed by atoms with Crippen LogP contribution in [0, 0.1) is 0 Å². The van der Waals surface area contributed by atoms with Gasteiger partial charge in [0.2, 0.25) is 0 Å². The molecule has 3 N–H and O–H groups in total. The predicted octanol–water partition coefficient (Wildman–Crippen LogP) is 2.92. The first-order valence-electron chi connectivity index (χ1n) is 7.35. The molecule has 6 heteroatoms. The quantitative estimate of drug-likeness (QED) is 0.422. The Morgan fingerprint density at radius 3 is 2.62 bits per heavy atom. The lowest BCUT2D eigenvalue weighted by Crippen LogP contribution is -2.52. The van der Waals surface area contributed by atoms with Gasteiger partial charge in [0.25, 0.3) is 5.91 Å². The van der Waals surface area contributed by atoms with Crippen molar-refractivity contribution in [2.24, 2.45) is 0 Å². The van der Waals surface area contributed by atoms with Gasteiger partial charge in [-0.3, -0.25) is 15.6 Å². The van der Waals surface area contributed by atoms with Crippen molar-refractivity contribution in [1.82, 2.24) is 16.2 Å². The number of aryl methyl sites for hydroxylation is 2. The van der Waals surface area contributed by atoms with Crippen LogP contribution in [0.4, 0.5) is 0 Å². The second-order valence-electron chi connectivity index (χ2n) is 6.40. The van der Waals surface area contributed by atoms with Crippen LogP contribution >= 0.6 is 23.6 Å². The van der Waals surface area contributed by atoms with E-state index in [0.29, 0.717) is 5.11 Å². The molecule has 21 heavy (non-hydrogen) atoms. The minimum atomic E-state index is -0.130. The van der Waals surface area contributed by atoms with Gasteiger partial charge in [0.05, 0.1) is 4.88 Å². The van der Waals surface area contributed by atoms with Gasteiger partial charge in [-0.05, 0) is 70.3 Å². The molecule has 0 radical (unpaired) electrons. The van der Waals surface area contributed by atoms with Gasteiger partial charge in [0, 0.05) is 10.4 Å². The molecule has 0 spiro atoms. The van der Waals surface area contributed by atoms with E-state index in [9.17, 15) is 4.79 Å². The molecular formula is C15H23N3OS2. The maximum absolute atomic E-state index is 12.2. The van der Waals surface area contributed by atoms with Crippen LogP contribution in [0.3, 0.4) is 0 Å². The van der Waals surface area contributed by atoms with Crippen molar-refractivity contribution in [1.29, 1.82) is 0 Å². The first-order valence-corrected chi connectivity index (χ1v) is 8.58. The fourth-order valence-corrected chi connectivity index (χ4v) is 3.83. The molecule has 116 valence electrons. The predicted molar refractivity (Wildman–Crippen MR) is 91.7 cm³/mol. The highest BCUT2D eigenvalue weighted by atomic mass is 32.1. The average molecular weight is 326 g/mol. The number of fused-ring (bicyclic) bond motifs is 1. The van der Waals surface area contributed by atoms with Gasteiger partial charge in [-0.25, -0.2) is 0 Å². The molecular weight excluding hydrogens is 302 g/mol. The summed E-state index contributed by atoms with van der Waals surface area (Å²) in [5.74, 6) is -0.119. The van der Waals surface area contributed by atoms with Crippen molar-refractivity contribution < 1.29 is 4.79 Å². The van der Waals surface area contributed by atoms with E-state index in [2.05, 4.69) is 16.2 Å². The molecule has 1 heterocycles. The van der Waals surface area contributed by atoms with E-state index in [4.69, 9.17) is 12.2 Å². The zero-order valence-corrected chi connectivity index (χ0v) is 14.5. The summed E-state index contributed by atoms with van der Waals surface area (Å²) in [6.07, 6.45) is 5.94. The number of carbonyl (C=O) groups is 1. The van der Waals surface area contributed by atoms with Crippen LogP contribution in [0.5, 0.6) is 0 Å². The van der Waals surface area contributed by atoms with E-state index in [0.717, 1.165) is 17.7 Å². The van der Waals surface area contributed by atoms with Crippen molar-refractivity contribution in [3.05, 3.63) is 21.4 Å². The maximum atomic E-state index is 12.2. The molecule has 0 aromatic carbocycles. The van der Waals surface area contributed by atoms with Crippen LogP contribution in [-0.4, -0.2) is 16.6 Å². The zero-order chi connectivity index (χ0) is 15.5. The van der Waals surface area contributed by atoms with Crippen LogP contribution in [0.2, 0.25) is 0 Å². The second-order valence-corrected chi connectivity index (χ2v) is 7.95. The lowest BCUT2D eigenvalue weighted by Gasteiger charge is -2.22. The Balaban J connectivity index is 1.90. The third-order valence-corrected chi connectivity index (χ3v) is 4.69. The number of nitrogens with one attached hydrogen (secondary N) is 3. The van der Waals surface area contributed by atoms with Gasteiger partial charge in [-0.1, -0.05) is 6.42 Å². The summed E-state index contributed by atoms with van der Waals surface area (Å²) in [4.78, 5) is 14.3. The fourth-order valence-electron chi connectivity index (χ4n) is 2.33. The molecule has 1 amide bonds. The number of thiophene rings is 1. The van der Waals surface area contributed by atoms with Crippen molar-refractivity contribution in [2.75, 3.05) is 0 Å². The monoisotopic (exact) mass is 325 g/mol. The number of hydrazine groups is 1. The Kier molecular flexibility index (Phi) is 5.22. The molecule has 0 aliphatic heterocycles. The maximum Gasteiger partial charge on any atom is 0.279 e. The Morgan fingerprint density at radius 2 is 1.90 bits per heavy atom. The van der Waals surface area contributed by atoms with Crippen LogP contribution in [0.1, 0.15) is 60.1 Å². The smallest absolute Gasteiger partial charge is 0.279 e. The summed E-state index contributed by atoms with van der Waals surface area (Å²) in [7, 11) is 0. The standard InChI is InChI=1S/C15H23N3OS2/c1-15(2,3)16-14(20)18-17-13(19)12-9-10-7-5-4-6-8-11(10)21-12/h9H,4-8H2,1-3H3,(H,17,19)(H2,16,18,20). The lowest BCUT2D eigenvalue weighted by atomic mass is 10.1. The van der Waals surface area contributed by atoms with E-state index in [1.54, 1.807) is 11.3 Å². The highest BCUT2D eigenvalue weighted by molar-refractivity contribution is 7.80. The Morgan fingerprint density at radius 1 is 1.19 bits per heavy atom. The van der Waals surface area contributed by atoms with Crippen molar-refractivity contribution in [3.8, 4) is 0 Å². The van der Waals surface area contributed by atoms with Gasteiger partial charge in [0.1, 0.15) is 0 Å². The van der Waals surface area contributed by atoms with Gasteiger partial charge >= 0.3 is 0 Å². The van der Waals surface area contributed by atoms with Crippen molar-refractivity contribution in [3.63, 3.8) is 0 Å². The topological polar surface area (TPSA) is 53.2 Å². The molecule has 1 aromatic rings. The summed E-state index contributed by atoms with van der Waals surface area (Å²) >= 11 is 6.75. The molecule has 4 nitrogen and oxygen atoms in total. The molecule has 0 saturated carbocycles. The first kappa shape index (κ1) is 16.2. The van der Waals surface area contributed by atoms with Gasteiger partial charge in [-0.15, -0.1) is 11.3 Å². The molecule has 0 fully saturated rings. The lowest BCUT2D eigenvalue weighted by molar-refractivity contribution is 0.0947. The fraction of sp³-hybridized carbons (Fsp3) is 0.600. The second kappa shape index (κ2) is 6.75. The number of thiocarbonyl (C=S) groups is 1. The number of hydrogen-bond donors (Lipinski definition) is 3. The third-order valence-electron chi connectivity index (χ3n) is 3.25. The van der Waals surface area contributed by atoms with E-state index >= 15 is 0 Å². The third kappa shape index (κ3) is 4.97. The van der Waals surface area contributed by atoms with E-state index in [-0.39, 0.29) is 11.4 Å². The zero-order valence-electron chi connectivity index (χ0n) is 12.8. The Hall–Kier alpha value is -1.14. The summed E-state index contributed by atoms with van der Waals surface area (Å²) in [5.41, 5.74) is 6.64. The minimum absolute atomic E-state index is 0.119. The Labute approximate surface area is 135 Å². The molecule has 1 aliphatic rings. The first-order chi connectivity index (χ1) is 9.85. The molecule has 0 saturated heterocycles. The van der Waals surface area contributed by atoms with Crippen molar-refractivity contribution >= 4 is 34.6 Å². The Bertz CT molecular complexity index is 508. The number of rotatable bonds is 1. The van der Waals surface area contributed by atoms with Gasteiger partial charge in [0.15, 0.2) is 5.11 Å². The van der Waals surface area contributed by atoms with Crippen molar-refractivity contribution in [2.45, 2.75) is 58.4 Å². The highest BCUT2D eigenvalue weighted by Crippen LogP contribution is 2.28. The van der Waals surface area contributed by atoms with Crippen LogP contribution in [0.15, 0.2) is 6.07 Å². The number of amides is 1. The summed E-state index contributed by atoms with van der Waals surface area (Å²) < 4.78 is 0. The molecule has 0 bridgehead atoms. The normalized spacial score (nSPS) is 14.8. The van der Waals surface area contributed by atoms with E-state index < -0.39 is 0 Å². The van der Waals surface area contributed by atoms with E-state index in [1.165, 1.54) is 29.7 Å². The molecule has 0 unspecified atom stereocenters. The number of carbonyl (C=O) groups excluding carboxylic acids is 1. The molecule has 2 rings (SSSR count). The SMILES string of the molecule is CC(C)(C)NC(=S)NNC(=O)c1cc2c(s1)CCCCC2. The highest BCUT2D eigenvalue weighted by Gasteiger charge is 2.17. The molecule has 0 atom stereocenters. The van der Waals surface area contributed by atoms with Gasteiger partial charge < -0.3 is 5.32 Å². The average Bonchev–Trinajstić information content (AvgIpc) is 2.65.